The van der Waals surface area contributed by atoms with Gasteiger partial charge in [0, 0.05) is 37.1 Å². The number of hydrogen-bond donors (Lipinski definition) is 1. The highest BCUT2D eigenvalue weighted by Gasteiger charge is 2.47. The molecule has 0 spiro atoms. The minimum Gasteiger partial charge on any atom is -0.465 e. The molecule has 0 aliphatic carbocycles. The number of rotatable bonds is 6. The standard InChI is InChI=1S/C33H34N4O5/c1-33(2,3)30-28(22-23-10-6-4-7-11-23)35(20-21-36(30)32(39)40)31(38)27-18-19-34(29(27)24-12-8-5-9-13-24)25-14-16-26(17-15-25)37(41)42/h4-19,28,30H,20-22H2,1-3H3,(H,39,40). The number of carbonyl (C=O) groups excluding carboxylic acids is 1. The first-order chi connectivity index (χ1) is 20.1. The molecule has 1 aromatic heterocycles. The Labute approximate surface area is 244 Å². The molecule has 216 valence electrons. The summed E-state index contributed by atoms with van der Waals surface area (Å²) in [7, 11) is 0. The van der Waals surface area contributed by atoms with E-state index in [0.29, 0.717) is 23.4 Å². The van der Waals surface area contributed by atoms with Crippen LogP contribution in [0.4, 0.5) is 10.5 Å². The largest absolute Gasteiger partial charge is 0.465 e. The van der Waals surface area contributed by atoms with Crippen molar-refractivity contribution in [1.29, 1.82) is 0 Å². The molecule has 1 aliphatic heterocycles. The third-order valence-electron chi connectivity index (χ3n) is 7.87. The van der Waals surface area contributed by atoms with Crippen LogP contribution in [0.15, 0.2) is 97.2 Å². The highest BCUT2D eigenvalue weighted by Crippen LogP contribution is 2.36. The summed E-state index contributed by atoms with van der Waals surface area (Å²) in [5.41, 5.74) is 3.21. The van der Waals surface area contributed by atoms with E-state index in [9.17, 15) is 24.8 Å². The smallest absolute Gasteiger partial charge is 0.407 e. The number of benzene rings is 3. The summed E-state index contributed by atoms with van der Waals surface area (Å²) in [4.78, 5) is 41.1. The summed E-state index contributed by atoms with van der Waals surface area (Å²) in [5.74, 6) is -0.185. The average molecular weight is 567 g/mol. The summed E-state index contributed by atoms with van der Waals surface area (Å²) in [6, 6.07) is 26.5. The molecule has 2 unspecified atom stereocenters. The zero-order valence-corrected chi connectivity index (χ0v) is 23.9. The molecule has 0 saturated carbocycles. The van der Waals surface area contributed by atoms with Crippen molar-refractivity contribution >= 4 is 17.7 Å². The first-order valence-corrected chi connectivity index (χ1v) is 13.9. The number of hydrogen-bond acceptors (Lipinski definition) is 4. The molecule has 3 aromatic carbocycles. The van der Waals surface area contributed by atoms with E-state index in [1.807, 2.05) is 90.9 Å². The Bertz CT molecular complexity index is 1580. The van der Waals surface area contributed by atoms with Gasteiger partial charge in [0.1, 0.15) is 0 Å². The lowest BCUT2D eigenvalue weighted by molar-refractivity contribution is -0.384. The Balaban J connectivity index is 1.62. The summed E-state index contributed by atoms with van der Waals surface area (Å²) in [6.07, 6.45) is 1.31. The molecule has 9 heteroatoms. The molecule has 0 bridgehead atoms. The van der Waals surface area contributed by atoms with Gasteiger partial charge in [0.15, 0.2) is 0 Å². The zero-order chi connectivity index (χ0) is 30.0. The highest BCUT2D eigenvalue weighted by atomic mass is 16.6. The molecule has 1 saturated heterocycles. The van der Waals surface area contributed by atoms with Gasteiger partial charge in [-0.1, -0.05) is 81.4 Å². The number of nitro groups is 1. The van der Waals surface area contributed by atoms with E-state index in [4.69, 9.17) is 0 Å². The Hall–Kier alpha value is -4.92. The van der Waals surface area contributed by atoms with Crippen molar-refractivity contribution in [1.82, 2.24) is 14.4 Å². The molecule has 9 nitrogen and oxygen atoms in total. The maximum atomic E-state index is 14.6. The Kier molecular flexibility index (Phi) is 7.85. The van der Waals surface area contributed by atoms with Crippen LogP contribution in [0.5, 0.6) is 0 Å². The van der Waals surface area contributed by atoms with Crippen LogP contribution in [-0.4, -0.2) is 61.6 Å². The lowest BCUT2D eigenvalue weighted by Gasteiger charge is -2.51. The molecule has 2 amide bonds. The van der Waals surface area contributed by atoms with E-state index in [0.717, 1.165) is 11.1 Å². The van der Waals surface area contributed by atoms with Gasteiger partial charge in [0.2, 0.25) is 0 Å². The summed E-state index contributed by atoms with van der Waals surface area (Å²) >= 11 is 0. The van der Waals surface area contributed by atoms with Gasteiger partial charge in [-0.2, -0.15) is 0 Å². The monoisotopic (exact) mass is 566 g/mol. The number of nitro benzene ring substituents is 1. The average Bonchev–Trinajstić information content (AvgIpc) is 3.42. The second-order valence-corrected chi connectivity index (χ2v) is 11.6. The van der Waals surface area contributed by atoms with Gasteiger partial charge in [-0.05, 0) is 41.2 Å². The maximum absolute atomic E-state index is 14.6. The van der Waals surface area contributed by atoms with Crippen LogP contribution in [0.2, 0.25) is 0 Å². The molecule has 2 heterocycles. The van der Waals surface area contributed by atoms with Crippen LogP contribution in [0, 0.1) is 15.5 Å². The van der Waals surface area contributed by atoms with E-state index in [2.05, 4.69) is 0 Å². The van der Waals surface area contributed by atoms with Crippen LogP contribution >= 0.6 is 0 Å². The van der Waals surface area contributed by atoms with Crippen molar-refractivity contribution in [2.45, 2.75) is 39.3 Å². The molecular formula is C33H34N4O5. The molecule has 42 heavy (non-hydrogen) atoms. The molecule has 2 atom stereocenters. The Morgan fingerprint density at radius 1 is 0.881 bits per heavy atom. The van der Waals surface area contributed by atoms with Crippen molar-refractivity contribution in [2.75, 3.05) is 13.1 Å². The third kappa shape index (κ3) is 5.63. The fraction of sp³-hybridized carbons (Fsp3) is 0.273. The second-order valence-electron chi connectivity index (χ2n) is 11.6. The Morgan fingerprint density at radius 3 is 2.05 bits per heavy atom. The van der Waals surface area contributed by atoms with E-state index in [1.54, 1.807) is 24.4 Å². The molecular weight excluding hydrogens is 532 g/mol. The first kappa shape index (κ1) is 28.6. The molecule has 1 N–H and O–H groups in total. The van der Waals surface area contributed by atoms with Crippen LogP contribution < -0.4 is 0 Å². The van der Waals surface area contributed by atoms with Gasteiger partial charge in [-0.25, -0.2) is 4.79 Å². The lowest BCUT2D eigenvalue weighted by Crippen LogP contribution is -2.66. The van der Waals surface area contributed by atoms with Crippen molar-refractivity contribution in [3.8, 4) is 16.9 Å². The topological polar surface area (TPSA) is 109 Å². The molecule has 4 aromatic rings. The molecule has 5 rings (SSSR count). The lowest BCUT2D eigenvalue weighted by atomic mass is 9.77. The predicted molar refractivity (Wildman–Crippen MR) is 161 cm³/mol. The van der Waals surface area contributed by atoms with Gasteiger partial charge in [0.05, 0.1) is 28.3 Å². The first-order valence-electron chi connectivity index (χ1n) is 13.9. The number of aromatic nitrogens is 1. The Morgan fingerprint density at radius 2 is 1.48 bits per heavy atom. The molecule has 1 aliphatic rings. The van der Waals surface area contributed by atoms with Gasteiger partial charge in [0.25, 0.3) is 11.6 Å². The minimum atomic E-state index is -0.991. The van der Waals surface area contributed by atoms with E-state index < -0.39 is 28.5 Å². The number of piperazine rings is 1. The van der Waals surface area contributed by atoms with E-state index in [-0.39, 0.29) is 24.7 Å². The van der Waals surface area contributed by atoms with Gasteiger partial charge < -0.3 is 19.5 Å². The van der Waals surface area contributed by atoms with E-state index in [1.165, 1.54) is 17.0 Å². The van der Waals surface area contributed by atoms with Crippen LogP contribution in [0.3, 0.4) is 0 Å². The summed E-state index contributed by atoms with van der Waals surface area (Å²) < 4.78 is 1.87. The number of carboxylic acid groups (broad SMARTS) is 1. The zero-order valence-electron chi connectivity index (χ0n) is 23.9. The number of amides is 2. The number of non-ortho nitro benzene ring substituents is 1. The molecule has 1 fully saturated rings. The van der Waals surface area contributed by atoms with Gasteiger partial charge in [-0.3, -0.25) is 14.9 Å². The predicted octanol–water partition coefficient (Wildman–Crippen LogP) is 6.51. The number of carbonyl (C=O) groups is 2. The SMILES string of the molecule is CC(C)(C)C1C(Cc2ccccc2)N(C(=O)c2ccn(-c3ccc([N+](=O)[O-])cc3)c2-c2ccccc2)CCN1C(=O)O. The summed E-state index contributed by atoms with van der Waals surface area (Å²) in [6.45, 7) is 6.50. The van der Waals surface area contributed by atoms with Crippen molar-refractivity contribution < 1.29 is 19.6 Å². The van der Waals surface area contributed by atoms with Crippen molar-refractivity contribution in [3.05, 3.63) is 118 Å². The van der Waals surface area contributed by atoms with Crippen LogP contribution in [-0.2, 0) is 6.42 Å². The van der Waals surface area contributed by atoms with Crippen LogP contribution in [0.1, 0.15) is 36.7 Å². The van der Waals surface area contributed by atoms with Gasteiger partial charge in [-0.15, -0.1) is 0 Å². The normalized spacial score (nSPS) is 17.2. The minimum absolute atomic E-state index is 0.0169. The maximum Gasteiger partial charge on any atom is 0.407 e. The number of nitrogens with zero attached hydrogens (tertiary/aromatic N) is 4. The highest BCUT2D eigenvalue weighted by molar-refractivity contribution is 6.01. The van der Waals surface area contributed by atoms with Gasteiger partial charge >= 0.3 is 6.09 Å². The fourth-order valence-electron chi connectivity index (χ4n) is 6.09. The van der Waals surface area contributed by atoms with Crippen molar-refractivity contribution in [2.24, 2.45) is 5.41 Å². The second kappa shape index (κ2) is 11.5. The quantitative estimate of drug-likeness (QED) is 0.211. The van der Waals surface area contributed by atoms with E-state index >= 15 is 0 Å². The van der Waals surface area contributed by atoms with Crippen LogP contribution in [0.25, 0.3) is 16.9 Å². The summed E-state index contributed by atoms with van der Waals surface area (Å²) in [5, 5.41) is 21.4. The van der Waals surface area contributed by atoms with Crippen molar-refractivity contribution in [3.63, 3.8) is 0 Å². The molecule has 0 radical (unpaired) electrons. The third-order valence-corrected chi connectivity index (χ3v) is 7.87. The fourth-order valence-corrected chi connectivity index (χ4v) is 6.09.